The Balaban J connectivity index is 1.82. The minimum atomic E-state index is -5.04. The predicted molar refractivity (Wildman–Crippen MR) is 181 cm³/mol. The zero-order valence-electron chi connectivity index (χ0n) is 27.9. The van der Waals surface area contributed by atoms with E-state index in [1.165, 1.54) is 44.2 Å². The summed E-state index contributed by atoms with van der Waals surface area (Å²) in [7, 11) is 1.70. The lowest BCUT2D eigenvalue weighted by atomic mass is 9.91. The average Bonchev–Trinajstić information content (AvgIpc) is 2.99. The molecule has 0 radical (unpaired) electrons. The van der Waals surface area contributed by atoms with E-state index in [0.29, 0.717) is 58.8 Å². The highest BCUT2D eigenvalue weighted by molar-refractivity contribution is 7.56. The number of nitrogens with zero attached hydrogens (tertiary/aromatic N) is 1. The van der Waals surface area contributed by atoms with Gasteiger partial charge in [-0.2, -0.15) is 13.2 Å². The highest BCUT2D eigenvalue weighted by Gasteiger charge is 2.54. The first-order valence-electron chi connectivity index (χ1n) is 16.5. The smallest absolute Gasteiger partial charge is 0.385 e. The Labute approximate surface area is 271 Å². The fourth-order valence-electron chi connectivity index (χ4n) is 5.66. The number of halogens is 4. The van der Waals surface area contributed by atoms with Crippen molar-refractivity contribution in [3.05, 3.63) is 42.0 Å². The van der Waals surface area contributed by atoms with E-state index in [9.17, 15) is 22.1 Å². The molecule has 11 heteroatoms. The number of methoxy groups -OCH3 is 1. The lowest BCUT2D eigenvalue weighted by molar-refractivity contribution is -0.201. The third kappa shape index (κ3) is 14.1. The lowest BCUT2D eigenvalue weighted by Gasteiger charge is -2.34. The summed E-state index contributed by atoms with van der Waals surface area (Å²) >= 11 is 0. The molecule has 1 aliphatic rings. The maximum Gasteiger partial charge on any atom is 0.426 e. The summed E-state index contributed by atoms with van der Waals surface area (Å²) in [5.41, 5.74) is -3.15. The van der Waals surface area contributed by atoms with E-state index >= 15 is 0 Å². The van der Waals surface area contributed by atoms with Crippen LogP contribution in [-0.2, 0) is 25.0 Å². The Morgan fingerprint density at radius 2 is 1.58 bits per heavy atom. The normalized spacial score (nSPS) is 19.4. The number of hydrogen-bond donors (Lipinski definition) is 0. The van der Waals surface area contributed by atoms with Crippen molar-refractivity contribution in [3.63, 3.8) is 0 Å². The molecule has 5 nitrogen and oxygen atoms in total. The Morgan fingerprint density at radius 1 is 0.978 bits per heavy atom. The molecule has 0 saturated carbocycles. The van der Waals surface area contributed by atoms with Gasteiger partial charge in [0.25, 0.3) is 7.52 Å². The lowest BCUT2D eigenvalue weighted by Crippen LogP contribution is -2.38. The van der Waals surface area contributed by atoms with Crippen LogP contribution in [0.25, 0.3) is 5.57 Å². The Hall–Kier alpha value is -0.820. The first kappa shape index (κ1) is 40.4. The molecular weight excluding hydrogens is 624 g/mol. The summed E-state index contributed by atoms with van der Waals surface area (Å²) in [4.78, 5) is 0. The molecular formula is C34H57F4NO4P2. The molecule has 0 N–H and O–H groups in total. The summed E-state index contributed by atoms with van der Waals surface area (Å²) in [6.07, 6.45) is 6.72. The van der Waals surface area contributed by atoms with Crippen molar-refractivity contribution in [1.82, 2.24) is 4.67 Å². The van der Waals surface area contributed by atoms with Crippen LogP contribution in [0.15, 0.2) is 30.8 Å². The third-order valence-corrected chi connectivity index (χ3v) is 12.2. The highest BCUT2D eigenvalue weighted by atomic mass is 31.2. The highest BCUT2D eigenvalue weighted by Crippen LogP contribution is 2.52. The number of ether oxygens (including phenoxy) is 2. The van der Waals surface area contributed by atoms with E-state index < -0.39 is 24.9 Å². The SMILES string of the molecule is C=C(c1ccc(CCCP(=O)(OCCCC(C)(P)CCCCC(C)CCCCOC)N2CCOCC2)cc1)C(C)(F)C(F)(F)F. The van der Waals surface area contributed by atoms with Crippen LogP contribution in [0.5, 0.6) is 0 Å². The molecule has 0 bridgehead atoms. The topological polar surface area (TPSA) is 48.0 Å². The van der Waals surface area contributed by atoms with Gasteiger partial charge in [-0.1, -0.05) is 76.8 Å². The van der Waals surface area contributed by atoms with Gasteiger partial charge in [-0.3, -0.25) is 4.57 Å². The molecule has 1 aromatic carbocycles. The van der Waals surface area contributed by atoms with Crippen LogP contribution in [0.2, 0.25) is 0 Å². The molecule has 5 atom stereocenters. The van der Waals surface area contributed by atoms with Crippen molar-refractivity contribution >= 4 is 22.3 Å². The summed E-state index contributed by atoms with van der Waals surface area (Å²) in [5, 5.41) is 0.116. The predicted octanol–water partition coefficient (Wildman–Crippen LogP) is 9.89. The molecule has 1 aliphatic heterocycles. The van der Waals surface area contributed by atoms with Gasteiger partial charge in [0.15, 0.2) is 0 Å². The molecule has 5 unspecified atom stereocenters. The summed E-state index contributed by atoms with van der Waals surface area (Å²) in [5.74, 6) is 0.746. The van der Waals surface area contributed by atoms with Gasteiger partial charge in [0, 0.05) is 33.0 Å². The van der Waals surface area contributed by atoms with Crippen LogP contribution in [0.1, 0.15) is 96.1 Å². The van der Waals surface area contributed by atoms with E-state index in [0.717, 1.165) is 43.8 Å². The molecule has 1 heterocycles. The van der Waals surface area contributed by atoms with Crippen LogP contribution in [0.4, 0.5) is 17.6 Å². The Morgan fingerprint density at radius 3 is 2.18 bits per heavy atom. The fraction of sp³-hybridized carbons (Fsp3) is 0.765. The average molecular weight is 682 g/mol. The zero-order chi connectivity index (χ0) is 33.6. The van der Waals surface area contributed by atoms with Gasteiger partial charge < -0.3 is 14.0 Å². The second-order valence-corrected chi connectivity index (χ2v) is 17.1. The monoisotopic (exact) mass is 681 g/mol. The second-order valence-electron chi connectivity index (χ2n) is 13.1. The number of allylic oxidation sites excluding steroid dienone is 1. The van der Waals surface area contributed by atoms with Crippen molar-refractivity contribution in [2.75, 3.05) is 52.8 Å². The Bertz CT molecular complexity index is 1040. The van der Waals surface area contributed by atoms with Gasteiger partial charge in [0.2, 0.25) is 5.67 Å². The van der Waals surface area contributed by atoms with Crippen LogP contribution < -0.4 is 0 Å². The van der Waals surface area contributed by atoms with E-state index in [2.05, 4.69) is 29.7 Å². The quantitative estimate of drug-likeness (QED) is 0.0693. The van der Waals surface area contributed by atoms with Gasteiger partial charge in [0.1, 0.15) is 0 Å². The molecule has 0 aliphatic carbocycles. The number of rotatable bonds is 22. The van der Waals surface area contributed by atoms with Crippen LogP contribution in [0, 0.1) is 5.92 Å². The van der Waals surface area contributed by atoms with Gasteiger partial charge in [-0.05, 0) is 73.2 Å². The first-order chi connectivity index (χ1) is 21.1. The zero-order valence-corrected chi connectivity index (χ0v) is 30.0. The third-order valence-electron chi connectivity index (χ3n) is 8.90. The maximum absolute atomic E-state index is 14.3. The van der Waals surface area contributed by atoms with E-state index in [1.807, 2.05) is 4.67 Å². The van der Waals surface area contributed by atoms with Gasteiger partial charge in [0.05, 0.1) is 19.8 Å². The van der Waals surface area contributed by atoms with E-state index in [1.54, 1.807) is 19.2 Å². The maximum atomic E-state index is 14.3. The summed E-state index contributed by atoms with van der Waals surface area (Å²) in [6, 6.07) is 6.28. The van der Waals surface area contributed by atoms with Crippen LogP contribution in [0.3, 0.4) is 0 Å². The van der Waals surface area contributed by atoms with Crippen molar-refractivity contribution in [2.45, 2.75) is 108 Å². The minimum Gasteiger partial charge on any atom is -0.385 e. The molecule has 0 amide bonds. The number of unbranched alkanes of at least 4 members (excludes halogenated alkanes) is 2. The van der Waals surface area contributed by atoms with Crippen molar-refractivity contribution in [1.29, 1.82) is 0 Å². The summed E-state index contributed by atoms with van der Waals surface area (Å²) in [6.45, 7) is 11.9. The van der Waals surface area contributed by atoms with Crippen molar-refractivity contribution < 1.29 is 36.1 Å². The molecule has 0 aromatic heterocycles. The molecule has 1 aromatic rings. The molecule has 1 saturated heterocycles. The molecule has 260 valence electrons. The summed E-state index contributed by atoms with van der Waals surface area (Å²) < 4.78 is 86.4. The standard InChI is InChI=1S/C34H57F4NO4P2/c1-28(13-7-9-23-41-5)12-6-8-19-32(3,44)20-11-24-43-45(40,39-21-25-42-26-22-39)27-10-14-30-15-17-31(18-16-30)29(2)33(4,35)34(36,37)38/h15-18,28H,2,6-14,19-27,44H2,1,3-5H3. The largest absolute Gasteiger partial charge is 0.426 e. The number of aryl methyl sites for hydroxylation is 1. The fourth-order valence-corrected chi connectivity index (χ4v) is 8.39. The van der Waals surface area contributed by atoms with Gasteiger partial charge in [-0.15, -0.1) is 9.24 Å². The Kier molecular flexibility index (Phi) is 17.3. The number of benzene rings is 1. The molecule has 45 heavy (non-hydrogen) atoms. The van der Waals surface area contributed by atoms with Crippen LogP contribution >= 0.6 is 16.8 Å². The molecule has 2 rings (SSSR count). The molecule has 0 spiro atoms. The minimum absolute atomic E-state index is 0.104. The van der Waals surface area contributed by atoms with Gasteiger partial charge >= 0.3 is 6.18 Å². The second kappa shape index (κ2) is 19.2. The van der Waals surface area contributed by atoms with Crippen molar-refractivity contribution in [2.24, 2.45) is 5.92 Å². The van der Waals surface area contributed by atoms with E-state index in [-0.39, 0.29) is 10.7 Å². The molecule has 1 fully saturated rings. The van der Waals surface area contributed by atoms with Crippen molar-refractivity contribution in [3.8, 4) is 0 Å². The number of alkyl halides is 4. The first-order valence-corrected chi connectivity index (χ1v) is 18.8. The number of morpholine rings is 1. The van der Waals surface area contributed by atoms with Gasteiger partial charge in [-0.25, -0.2) is 9.06 Å². The van der Waals surface area contributed by atoms with Crippen LogP contribution in [-0.4, -0.2) is 74.5 Å². The van der Waals surface area contributed by atoms with E-state index in [4.69, 9.17) is 14.0 Å². The number of hydrogen-bond acceptors (Lipinski definition) is 4.